The van der Waals surface area contributed by atoms with Gasteiger partial charge in [0.25, 0.3) is 0 Å². The molecule has 1 aromatic carbocycles. The van der Waals surface area contributed by atoms with Crippen molar-refractivity contribution in [2.45, 2.75) is 48.0 Å². The van der Waals surface area contributed by atoms with Gasteiger partial charge in [-0.3, -0.25) is 0 Å². The smallest absolute Gasteiger partial charge is 0.122 e. The molecule has 0 atom stereocenters. The van der Waals surface area contributed by atoms with Crippen molar-refractivity contribution >= 4 is 0 Å². The molecule has 3 nitrogen and oxygen atoms in total. The standard InChI is InChI=1S/C11H16O.C9H14N2/c1-4-7-12-11-6-5-9(2)8-10(11)3;1-7(2)9(6-10)5-4-8(3)11/h5-6,8H,4,7H2,1-3H3;4-5,7H,11H2,1-3H3/b;8-4-,9-5-. The lowest BCUT2D eigenvalue weighted by molar-refractivity contribution is 0.315. The van der Waals surface area contributed by atoms with Crippen molar-refractivity contribution in [1.29, 1.82) is 5.26 Å². The normalized spacial score (nSPS) is 11.6. The summed E-state index contributed by atoms with van der Waals surface area (Å²) in [5.41, 5.74) is 9.40. The highest BCUT2D eigenvalue weighted by Crippen LogP contribution is 2.18. The summed E-state index contributed by atoms with van der Waals surface area (Å²) >= 11 is 0. The van der Waals surface area contributed by atoms with Gasteiger partial charge in [0, 0.05) is 11.3 Å². The van der Waals surface area contributed by atoms with E-state index in [1.165, 1.54) is 11.1 Å². The molecule has 2 N–H and O–H groups in total. The minimum atomic E-state index is 0.274. The zero-order chi connectivity index (χ0) is 17.8. The van der Waals surface area contributed by atoms with Gasteiger partial charge in [0.1, 0.15) is 5.75 Å². The summed E-state index contributed by atoms with van der Waals surface area (Å²) in [7, 11) is 0. The van der Waals surface area contributed by atoms with Gasteiger partial charge in [-0.05, 0) is 56.9 Å². The molecule has 1 aromatic rings. The molecule has 0 aliphatic carbocycles. The molecular weight excluding hydrogens is 284 g/mol. The molecule has 1 rings (SSSR count). The van der Waals surface area contributed by atoms with Crippen LogP contribution in [0.4, 0.5) is 0 Å². The zero-order valence-corrected chi connectivity index (χ0v) is 15.3. The SMILES string of the molecule is C/C(N)=C/C=C(/C#N)C(C)C.CCCOc1ccc(C)cc1C. The molecule has 0 aromatic heterocycles. The molecule has 0 unspecified atom stereocenters. The average Bonchev–Trinajstić information content (AvgIpc) is 2.47. The Hall–Kier alpha value is -2.21. The molecule has 0 saturated heterocycles. The summed E-state index contributed by atoms with van der Waals surface area (Å²) in [4.78, 5) is 0. The van der Waals surface area contributed by atoms with Crippen molar-refractivity contribution in [3.05, 3.63) is 52.7 Å². The van der Waals surface area contributed by atoms with Gasteiger partial charge in [-0.2, -0.15) is 5.26 Å². The Morgan fingerprint density at radius 3 is 2.39 bits per heavy atom. The van der Waals surface area contributed by atoms with Crippen LogP contribution < -0.4 is 10.5 Å². The predicted molar refractivity (Wildman–Crippen MR) is 98.2 cm³/mol. The largest absolute Gasteiger partial charge is 0.493 e. The van der Waals surface area contributed by atoms with E-state index in [9.17, 15) is 0 Å². The van der Waals surface area contributed by atoms with Crippen molar-refractivity contribution < 1.29 is 4.74 Å². The number of aryl methyl sites for hydroxylation is 2. The summed E-state index contributed by atoms with van der Waals surface area (Å²) in [6.07, 6.45) is 4.58. The third kappa shape index (κ3) is 9.42. The summed E-state index contributed by atoms with van der Waals surface area (Å²) in [5.74, 6) is 1.29. The lowest BCUT2D eigenvalue weighted by Gasteiger charge is -2.07. The fraction of sp³-hybridized carbons (Fsp3) is 0.450. The van der Waals surface area contributed by atoms with E-state index in [4.69, 9.17) is 15.7 Å². The Bertz CT molecular complexity index is 574. The molecule has 0 bridgehead atoms. The van der Waals surface area contributed by atoms with E-state index >= 15 is 0 Å². The maximum absolute atomic E-state index is 8.62. The van der Waals surface area contributed by atoms with Crippen LogP contribution in [0.2, 0.25) is 0 Å². The number of hydrogen-bond acceptors (Lipinski definition) is 3. The van der Waals surface area contributed by atoms with E-state index in [1.54, 1.807) is 19.1 Å². The minimum Gasteiger partial charge on any atom is -0.493 e. The molecule has 0 amide bonds. The monoisotopic (exact) mass is 314 g/mol. The van der Waals surface area contributed by atoms with E-state index in [0.29, 0.717) is 0 Å². The molecule has 0 fully saturated rings. The maximum atomic E-state index is 8.62. The molecule has 23 heavy (non-hydrogen) atoms. The fourth-order valence-electron chi connectivity index (χ4n) is 1.75. The first-order valence-corrected chi connectivity index (χ1v) is 8.05. The highest BCUT2D eigenvalue weighted by molar-refractivity contribution is 5.35. The van der Waals surface area contributed by atoms with E-state index < -0.39 is 0 Å². The van der Waals surface area contributed by atoms with Crippen LogP contribution in [0.1, 0.15) is 45.2 Å². The van der Waals surface area contributed by atoms with E-state index in [-0.39, 0.29) is 5.92 Å². The van der Waals surface area contributed by atoms with Gasteiger partial charge in [-0.1, -0.05) is 38.5 Å². The zero-order valence-electron chi connectivity index (χ0n) is 15.3. The first kappa shape index (κ1) is 20.8. The maximum Gasteiger partial charge on any atom is 0.122 e. The fourth-order valence-corrected chi connectivity index (χ4v) is 1.75. The number of nitrogens with two attached hydrogens (primary N) is 1. The number of hydrogen-bond donors (Lipinski definition) is 1. The Morgan fingerprint density at radius 2 is 1.96 bits per heavy atom. The Kier molecular flexibility index (Phi) is 10.3. The van der Waals surface area contributed by atoms with Gasteiger partial charge in [0.2, 0.25) is 0 Å². The van der Waals surface area contributed by atoms with Gasteiger partial charge in [-0.15, -0.1) is 0 Å². The Labute approximate surface area is 141 Å². The molecule has 126 valence electrons. The van der Waals surface area contributed by atoms with Crippen LogP contribution in [-0.2, 0) is 0 Å². The molecular formula is C20H30N2O. The van der Waals surface area contributed by atoms with Crippen LogP contribution in [-0.4, -0.2) is 6.61 Å². The molecule has 0 spiro atoms. The van der Waals surface area contributed by atoms with Crippen LogP contribution in [0.15, 0.2) is 41.6 Å². The molecule has 0 saturated carbocycles. The van der Waals surface area contributed by atoms with Crippen LogP contribution in [0.3, 0.4) is 0 Å². The van der Waals surface area contributed by atoms with Crippen molar-refractivity contribution in [1.82, 2.24) is 0 Å². The summed E-state index contributed by atoms with van der Waals surface area (Å²) < 4.78 is 5.54. The van der Waals surface area contributed by atoms with E-state index in [0.717, 1.165) is 30.0 Å². The molecule has 0 aliphatic heterocycles. The Morgan fingerprint density at radius 1 is 1.30 bits per heavy atom. The van der Waals surface area contributed by atoms with Gasteiger partial charge < -0.3 is 10.5 Å². The van der Waals surface area contributed by atoms with Crippen LogP contribution in [0.25, 0.3) is 0 Å². The number of benzene rings is 1. The first-order chi connectivity index (χ1) is 10.8. The van der Waals surface area contributed by atoms with Crippen molar-refractivity contribution in [2.75, 3.05) is 6.61 Å². The van der Waals surface area contributed by atoms with Crippen LogP contribution in [0, 0.1) is 31.1 Å². The van der Waals surface area contributed by atoms with Gasteiger partial charge in [0.15, 0.2) is 0 Å². The first-order valence-electron chi connectivity index (χ1n) is 8.05. The van der Waals surface area contributed by atoms with Crippen LogP contribution in [0.5, 0.6) is 5.75 Å². The van der Waals surface area contributed by atoms with Crippen LogP contribution >= 0.6 is 0 Å². The number of nitriles is 1. The van der Waals surface area contributed by atoms with E-state index in [1.807, 2.05) is 19.9 Å². The summed E-state index contributed by atoms with van der Waals surface area (Å²) in [6, 6.07) is 8.39. The van der Waals surface area contributed by atoms with Crippen molar-refractivity contribution in [3.8, 4) is 11.8 Å². The lowest BCUT2D eigenvalue weighted by atomic mass is 10.0. The van der Waals surface area contributed by atoms with Gasteiger partial charge in [-0.25, -0.2) is 0 Å². The predicted octanol–water partition coefficient (Wildman–Crippen LogP) is 5.05. The summed E-state index contributed by atoms with van der Waals surface area (Å²) in [5, 5.41) is 8.62. The van der Waals surface area contributed by atoms with E-state index in [2.05, 4.69) is 39.0 Å². The quantitative estimate of drug-likeness (QED) is 0.611. The summed E-state index contributed by atoms with van der Waals surface area (Å²) in [6.45, 7) is 12.9. The lowest BCUT2D eigenvalue weighted by Crippen LogP contribution is -1.96. The third-order valence-corrected chi connectivity index (χ3v) is 3.07. The topological polar surface area (TPSA) is 59.0 Å². The second-order valence-corrected chi connectivity index (χ2v) is 5.92. The number of ether oxygens (including phenoxy) is 1. The number of nitrogens with zero attached hydrogens (tertiary/aromatic N) is 1. The van der Waals surface area contributed by atoms with Gasteiger partial charge >= 0.3 is 0 Å². The second-order valence-electron chi connectivity index (χ2n) is 5.92. The molecule has 3 heteroatoms. The molecule has 0 aliphatic rings. The van der Waals surface area contributed by atoms with Crippen molar-refractivity contribution in [2.24, 2.45) is 11.7 Å². The third-order valence-electron chi connectivity index (χ3n) is 3.07. The van der Waals surface area contributed by atoms with Crippen molar-refractivity contribution in [3.63, 3.8) is 0 Å². The van der Waals surface area contributed by atoms with Gasteiger partial charge in [0.05, 0.1) is 12.7 Å². The molecule has 0 radical (unpaired) electrons. The highest BCUT2D eigenvalue weighted by atomic mass is 16.5. The second kappa shape index (κ2) is 11.4. The minimum absolute atomic E-state index is 0.274. The highest BCUT2D eigenvalue weighted by Gasteiger charge is 1.98. The molecule has 0 heterocycles. The Balaban J connectivity index is 0.000000423. The number of allylic oxidation sites excluding steroid dienone is 4. The average molecular weight is 314 g/mol. The number of rotatable bonds is 5.